The number of methoxy groups -OCH3 is 2. The number of carbonyl (C=O) groups excluding carboxylic acids is 1. The number of rotatable bonds is 8. The van der Waals surface area contributed by atoms with Crippen molar-refractivity contribution in [2.45, 2.75) is 33.2 Å². The van der Waals surface area contributed by atoms with E-state index >= 15 is 0 Å². The second-order valence-electron chi connectivity index (χ2n) is 5.96. The van der Waals surface area contributed by atoms with E-state index in [1.165, 1.54) is 0 Å². The molecular formula is C21H27NO4. The zero-order valence-corrected chi connectivity index (χ0v) is 16.1. The Hall–Kier alpha value is -2.69. The number of benzene rings is 2. The van der Waals surface area contributed by atoms with Gasteiger partial charge in [-0.25, -0.2) is 0 Å². The third-order valence-corrected chi connectivity index (χ3v) is 4.26. The molecule has 0 fully saturated rings. The number of hydrogen-bond donors (Lipinski definition) is 1. The van der Waals surface area contributed by atoms with Crippen LogP contribution in [0.4, 0.5) is 0 Å². The van der Waals surface area contributed by atoms with Crippen LogP contribution in [-0.4, -0.2) is 26.7 Å². The number of ether oxygens (including phenoxy) is 3. The molecule has 1 N–H and O–H groups in total. The lowest BCUT2D eigenvalue weighted by atomic mass is 10.0. The van der Waals surface area contributed by atoms with E-state index in [1.54, 1.807) is 20.3 Å². The Labute approximate surface area is 155 Å². The van der Waals surface area contributed by atoms with Crippen LogP contribution in [0.5, 0.6) is 17.2 Å². The average Bonchev–Trinajstić information content (AvgIpc) is 2.67. The molecule has 2 rings (SSSR count). The largest absolute Gasteiger partial charge is 0.494 e. The van der Waals surface area contributed by atoms with Crippen LogP contribution in [0, 0.1) is 6.92 Å². The van der Waals surface area contributed by atoms with Gasteiger partial charge in [-0.2, -0.15) is 0 Å². The van der Waals surface area contributed by atoms with E-state index in [0.717, 1.165) is 23.3 Å². The fourth-order valence-electron chi connectivity index (χ4n) is 2.84. The lowest BCUT2D eigenvalue weighted by Crippen LogP contribution is -2.28. The molecule has 0 unspecified atom stereocenters. The fourth-order valence-corrected chi connectivity index (χ4v) is 2.84. The van der Waals surface area contributed by atoms with Gasteiger partial charge in [0.1, 0.15) is 5.75 Å². The van der Waals surface area contributed by atoms with E-state index < -0.39 is 0 Å². The monoisotopic (exact) mass is 357 g/mol. The van der Waals surface area contributed by atoms with Crippen molar-refractivity contribution in [3.8, 4) is 17.2 Å². The summed E-state index contributed by atoms with van der Waals surface area (Å²) in [6, 6.07) is 11.1. The quantitative estimate of drug-likeness (QED) is 0.766. The summed E-state index contributed by atoms with van der Waals surface area (Å²) in [6.07, 6.45) is 0.761. The normalized spacial score (nSPS) is 11.6. The summed E-state index contributed by atoms with van der Waals surface area (Å²) in [7, 11) is 3.20. The highest BCUT2D eigenvalue weighted by atomic mass is 16.5. The highest BCUT2D eigenvalue weighted by Gasteiger charge is 2.17. The Kier molecular flexibility index (Phi) is 6.89. The standard InChI is InChI=1S/C21H27NO4/c1-6-17(15-8-11-19(24-4)20(13-15)25-5)22-21(23)16-9-10-18(26-7-2)14(3)12-16/h8-13,17H,6-7H2,1-5H3,(H,22,23)/t17-/m0/s1. The highest BCUT2D eigenvalue weighted by molar-refractivity contribution is 5.94. The van der Waals surface area contributed by atoms with Crippen molar-refractivity contribution in [1.82, 2.24) is 5.32 Å². The Morgan fingerprint density at radius 2 is 1.69 bits per heavy atom. The first-order valence-corrected chi connectivity index (χ1v) is 8.80. The first-order valence-electron chi connectivity index (χ1n) is 8.80. The van der Waals surface area contributed by atoms with Gasteiger partial charge in [0.25, 0.3) is 5.91 Å². The summed E-state index contributed by atoms with van der Waals surface area (Å²) < 4.78 is 16.2. The second kappa shape index (κ2) is 9.13. The summed E-state index contributed by atoms with van der Waals surface area (Å²) in [5.74, 6) is 2.00. The molecule has 0 spiro atoms. The van der Waals surface area contributed by atoms with Gasteiger partial charge in [0.15, 0.2) is 11.5 Å². The molecule has 0 aromatic heterocycles. The second-order valence-corrected chi connectivity index (χ2v) is 5.96. The third-order valence-electron chi connectivity index (χ3n) is 4.26. The maximum atomic E-state index is 12.7. The molecule has 0 heterocycles. The summed E-state index contributed by atoms with van der Waals surface area (Å²) in [6.45, 7) is 6.51. The zero-order valence-electron chi connectivity index (χ0n) is 16.1. The smallest absolute Gasteiger partial charge is 0.251 e. The lowest BCUT2D eigenvalue weighted by molar-refractivity contribution is 0.0935. The first-order chi connectivity index (χ1) is 12.5. The molecule has 0 saturated carbocycles. The van der Waals surface area contributed by atoms with E-state index in [2.05, 4.69) is 5.32 Å². The lowest BCUT2D eigenvalue weighted by Gasteiger charge is -2.19. The van der Waals surface area contributed by atoms with Crippen LogP contribution >= 0.6 is 0 Å². The van der Waals surface area contributed by atoms with Gasteiger partial charge in [-0.15, -0.1) is 0 Å². The molecule has 1 atom stereocenters. The van der Waals surface area contributed by atoms with Crippen LogP contribution in [0.1, 0.15) is 47.8 Å². The first kappa shape index (κ1) is 19.6. The summed E-state index contributed by atoms with van der Waals surface area (Å²) >= 11 is 0. The van der Waals surface area contributed by atoms with Gasteiger partial charge in [-0.1, -0.05) is 13.0 Å². The van der Waals surface area contributed by atoms with Crippen LogP contribution in [0.15, 0.2) is 36.4 Å². The van der Waals surface area contributed by atoms with Crippen LogP contribution in [-0.2, 0) is 0 Å². The van der Waals surface area contributed by atoms with Gasteiger partial charge in [-0.05, 0) is 61.7 Å². The fraction of sp³-hybridized carbons (Fsp3) is 0.381. The molecule has 5 heteroatoms. The Balaban J connectivity index is 2.19. The summed E-state index contributed by atoms with van der Waals surface area (Å²) in [5.41, 5.74) is 2.53. The molecule has 0 radical (unpaired) electrons. The van der Waals surface area contributed by atoms with Crippen molar-refractivity contribution in [2.75, 3.05) is 20.8 Å². The van der Waals surface area contributed by atoms with E-state index in [9.17, 15) is 4.79 Å². The molecule has 5 nitrogen and oxygen atoms in total. The maximum absolute atomic E-state index is 12.7. The molecule has 0 aliphatic heterocycles. The summed E-state index contributed by atoms with van der Waals surface area (Å²) in [4.78, 5) is 12.7. The number of amides is 1. The minimum atomic E-state index is -0.116. The predicted octanol–water partition coefficient (Wildman–Crippen LogP) is 4.29. The van der Waals surface area contributed by atoms with Crippen molar-refractivity contribution in [3.05, 3.63) is 53.1 Å². The van der Waals surface area contributed by atoms with E-state index in [-0.39, 0.29) is 11.9 Å². The van der Waals surface area contributed by atoms with Gasteiger partial charge >= 0.3 is 0 Å². The van der Waals surface area contributed by atoms with Crippen molar-refractivity contribution in [3.63, 3.8) is 0 Å². The molecule has 0 bridgehead atoms. The molecule has 140 valence electrons. The molecule has 2 aromatic carbocycles. The van der Waals surface area contributed by atoms with Gasteiger partial charge in [0.05, 0.1) is 26.9 Å². The molecule has 0 aliphatic carbocycles. The predicted molar refractivity (Wildman–Crippen MR) is 102 cm³/mol. The van der Waals surface area contributed by atoms with Crippen LogP contribution in [0.2, 0.25) is 0 Å². The number of aryl methyl sites for hydroxylation is 1. The topological polar surface area (TPSA) is 56.8 Å². The molecule has 0 aliphatic rings. The van der Waals surface area contributed by atoms with Gasteiger partial charge in [0, 0.05) is 5.56 Å². The van der Waals surface area contributed by atoms with Crippen molar-refractivity contribution in [2.24, 2.45) is 0 Å². The Morgan fingerprint density at radius 3 is 2.27 bits per heavy atom. The Bertz CT molecular complexity index is 758. The molecule has 1 amide bonds. The summed E-state index contributed by atoms with van der Waals surface area (Å²) in [5, 5.41) is 3.09. The van der Waals surface area contributed by atoms with Crippen LogP contribution in [0.25, 0.3) is 0 Å². The van der Waals surface area contributed by atoms with E-state index in [4.69, 9.17) is 14.2 Å². The minimum absolute atomic E-state index is 0.113. The number of carbonyl (C=O) groups is 1. The van der Waals surface area contributed by atoms with Gasteiger partial charge in [0.2, 0.25) is 0 Å². The van der Waals surface area contributed by atoms with Gasteiger partial charge in [-0.3, -0.25) is 4.79 Å². The number of hydrogen-bond acceptors (Lipinski definition) is 4. The average molecular weight is 357 g/mol. The number of nitrogens with one attached hydrogen (secondary N) is 1. The molecule has 2 aromatic rings. The SMILES string of the molecule is CCOc1ccc(C(=O)N[C@@H](CC)c2ccc(OC)c(OC)c2)cc1C. The Morgan fingerprint density at radius 1 is 1.00 bits per heavy atom. The molecule has 0 saturated heterocycles. The molecular weight excluding hydrogens is 330 g/mol. The van der Waals surface area contributed by atoms with Gasteiger partial charge < -0.3 is 19.5 Å². The van der Waals surface area contributed by atoms with Crippen molar-refractivity contribution in [1.29, 1.82) is 0 Å². The van der Waals surface area contributed by atoms with Crippen molar-refractivity contribution >= 4 is 5.91 Å². The van der Waals surface area contributed by atoms with Crippen LogP contribution < -0.4 is 19.5 Å². The van der Waals surface area contributed by atoms with Crippen molar-refractivity contribution < 1.29 is 19.0 Å². The highest BCUT2D eigenvalue weighted by Crippen LogP contribution is 2.31. The molecule has 26 heavy (non-hydrogen) atoms. The third kappa shape index (κ3) is 4.48. The van der Waals surface area contributed by atoms with E-state index in [0.29, 0.717) is 23.7 Å². The van der Waals surface area contributed by atoms with Crippen LogP contribution in [0.3, 0.4) is 0 Å². The minimum Gasteiger partial charge on any atom is -0.494 e. The maximum Gasteiger partial charge on any atom is 0.251 e. The van der Waals surface area contributed by atoms with E-state index in [1.807, 2.05) is 51.1 Å². The zero-order chi connectivity index (χ0) is 19.1.